The number of halogens is 1. The smallest absolute Gasteiger partial charge is 0.352 e. The summed E-state index contributed by atoms with van der Waals surface area (Å²) in [5, 5.41) is 30.4. The number of hydrogen-bond acceptors (Lipinski definition) is 10. The SMILES string of the molecule is C#Cc1cn([C@]2(CO)O[C@](F)(COC(=O)[C@@H](N)C(C)C)[C@@H](O)[C@H]2O)c(=O)nc1N. The Morgan fingerprint density at radius 3 is 2.66 bits per heavy atom. The Morgan fingerprint density at radius 2 is 2.14 bits per heavy atom. The molecule has 0 aromatic carbocycles. The highest BCUT2D eigenvalue weighted by Gasteiger charge is 2.65. The van der Waals surface area contributed by atoms with Gasteiger partial charge in [-0.3, -0.25) is 9.36 Å². The lowest BCUT2D eigenvalue weighted by Gasteiger charge is -2.32. The van der Waals surface area contributed by atoms with E-state index in [0.29, 0.717) is 4.57 Å². The van der Waals surface area contributed by atoms with E-state index in [4.69, 9.17) is 27.4 Å². The number of alkyl halides is 1. The van der Waals surface area contributed by atoms with E-state index in [-0.39, 0.29) is 17.3 Å². The average Bonchev–Trinajstić information content (AvgIpc) is 2.87. The van der Waals surface area contributed by atoms with Crippen LogP contribution in [0, 0.1) is 18.3 Å². The summed E-state index contributed by atoms with van der Waals surface area (Å²) in [4.78, 5) is 27.6. The number of rotatable bonds is 6. The van der Waals surface area contributed by atoms with Crippen molar-refractivity contribution in [3.8, 4) is 12.3 Å². The minimum Gasteiger partial charge on any atom is -0.458 e. The lowest BCUT2D eigenvalue weighted by atomic mass is 10.0. The lowest BCUT2D eigenvalue weighted by molar-refractivity contribution is -0.259. The minimum absolute atomic E-state index is 0.103. The second kappa shape index (κ2) is 8.05. The number of ether oxygens (including phenoxy) is 2. The fraction of sp³-hybridized carbons (Fsp3) is 0.588. The number of nitrogen functional groups attached to an aromatic ring is 1. The molecule has 2 rings (SSSR count). The zero-order chi connectivity index (χ0) is 22.1. The van der Waals surface area contributed by atoms with Crippen molar-refractivity contribution in [2.45, 2.75) is 43.7 Å². The Balaban J connectivity index is 2.41. The van der Waals surface area contributed by atoms with E-state index in [2.05, 4.69) is 10.9 Å². The highest BCUT2D eigenvalue weighted by atomic mass is 19.2. The van der Waals surface area contributed by atoms with Gasteiger partial charge < -0.3 is 36.3 Å². The molecule has 1 aliphatic heterocycles. The third-order valence-electron chi connectivity index (χ3n) is 4.70. The quantitative estimate of drug-likeness (QED) is 0.244. The van der Waals surface area contributed by atoms with Gasteiger partial charge in [0.15, 0.2) is 6.61 Å². The Bertz CT molecular complexity index is 886. The van der Waals surface area contributed by atoms with Crippen molar-refractivity contribution >= 4 is 11.8 Å². The van der Waals surface area contributed by atoms with Crippen LogP contribution in [0.4, 0.5) is 10.2 Å². The zero-order valence-corrected chi connectivity index (χ0v) is 15.8. The molecular formula is C17H23FN4O7. The molecule has 1 aromatic heterocycles. The molecule has 0 unspecified atom stereocenters. The van der Waals surface area contributed by atoms with Crippen LogP contribution in [0.1, 0.15) is 19.4 Å². The van der Waals surface area contributed by atoms with E-state index in [1.54, 1.807) is 13.8 Å². The molecule has 2 heterocycles. The van der Waals surface area contributed by atoms with E-state index in [1.165, 1.54) is 0 Å². The Labute approximate surface area is 165 Å². The predicted octanol–water partition coefficient (Wildman–Crippen LogP) is -2.60. The van der Waals surface area contributed by atoms with Gasteiger partial charge in [-0.1, -0.05) is 19.8 Å². The molecule has 1 aliphatic rings. The minimum atomic E-state index is -3.17. The van der Waals surface area contributed by atoms with Gasteiger partial charge in [0.2, 0.25) is 5.72 Å². The van der Waals surface area contributed by atoms with Crippen molar-refractivity contribution in [3.63, 3.8) is 0 Å². The van der Waals surface area contributed by atoms with Gasteiger partial charge in [-0.15, -0.1) is 6.42 Å². The molecular weight excluding hydrogens is 391 g/mol. The van der Waals surface area contributed by atoms with E-state index in [9.17, 15) is 24.9 Å². The molecule has 1 fully saturated rings. The van der Waals surface area contributed by atoms with Crippen LogP contribution in [0.5, 0.6) is 0 Å². The number of aromatic nitrogens is 2. The van der Waals surface area contributed by atoms with Crippen molar-refractivity contribution in [2.75, 3.05) is 18.9 Å². The van der Waals surface area contributed by atoms with Crippen molar-refractivity contribution < 1.29 is 34.0 Å². The topological polar surface area (TPSA) is 183 Å². The Hall–Kier alpha value is -2.56. The van der Waals surface area contributed by atoms with Crippen LogP contribution in [-0.4, -0.2) is 68.2 Å². The van der Waals surface area contributed by atoms with Crippen molar-refractivity contribution in [1.82, 2.24) is 9.55 Å². The molecule has 7 N–H and O–H groups in total. The van der Waals surface area contributed by atoms with Crippen molar-refractivity contribution in [3.05, 3.63) is 22.2 Å². The maximum Gasteiger partial charge on any atom is 0.352 e. The van der Waals surface area contributed by atoms with Crippen LogP contribution in [0.25, 0.3) is 0 Å². The summed E-state index contributed by atoms with van der Waals surface area (Å²) >= 11 is 0. The number of anilines is 1. The van der Waals surface area contributed by atoms with E-state index in [0.717, 1.165) is 6.20 Å². The average molecular weight is 414 g/mol. The van der Waals surface area contributed by atoms with E-state index in [1.807, 2.05) is 0 Å². The fourth-order valence-electron chi connectivity index (χ4n) is 2.79. The molecule has 0 bridgehead atoms. The molecule has 160 valence electrons. The number of nitrogens with zero attached hydrogens (tertiary/aromatic N) is 2. The van der Waals surface area contributed by atoms with Gasteiger partial charge in [0, 0.05) is 6.20 Å². The summed E-state index contributed by atoms with van der Waals surface area (Å²) < 4.78 is 25.7. The Morgan fingerprint density at radius 1 is 1.52 bits per heavy atom. The molecule has 29 heavy (non-hydrogen) atoms. The summed E-state index contributed by atoms with van der Waals surface area (Å²) in [6.07, 6.45) is 1.71. The van der Waals surface area contributed by atoms with E-state index >= 15 is 4.39 Å². The van der Waals surface area contributed by atoms with Gasteiger partial charge in [-0.05, 0) is 5.92 Å². The molecule has 11 nitrogen and oxygen atoms in total. The first-order chi connectivity index (χ1) is 13.4. The number of esters is 1. The number of terminal acetylenes is 1. The van der Waals surface area contributed by atoms with Crippen LogP contribution >= 0.6 is 0 Å². The number of hydrogen-bond donors (Lipinski definition) is 5. The van der Waals surface area contributed by atoms with Crippen LogP contribution < -0.4 is 17.2 Å². The molecule has 0 saturated carbocycles. The largest absolute Gasteiger partial charge is 0.458 e. The van der Waals surface area contributed by atoms with Crippen LogP contribution in [0.3, 0.4) is 0 Å². The highest BCUT2D eigenvalue weighted by Crippen LogP contribution is 2.42. The first-order valence-electron chi connectivity index (χ1n) is 8.58. The Kier molecular flexibility index (Phi) is 6.31. The number of carbonyl (C=O) groups excluding carboxylic acids is 1. The molecule has 1 aromatic rings. The zero-order valence-electron chi connectivity index (χ0n) is 15.8. The number of carbonyl (C=O) groups is 1. The first kappa shape index (κ1) is 22.7. The second-order valence-electron chi connectivity index (χ2n) is 7.00. The van der Waals surface area contributed by atoms with Gasteiger partial charge in [0.25, 0.3) is 5.85 Å². The summed E-state index contributed by atoms with van der Waals surface area (Å²) in [7, 11) is 0. The standard InChI is InChI=1S/C17H23FN4O7/c1-4-9-5-22(15(27)21-13(9)20)17(6-23)12(25)11(24)16(18,29-17)7-28-14(26)10(19)8(2)3/h1,5,8,10-12,23-25H,6-7,19H2,2-3H3,(H2,20,21,27)/t10-,11-,12+,16+,17+/m0/s1. The van der Waals surface area contributed by atoms with Gasteiger partial charge >= 0.3 is 11.7 Å². The molecule has 1 saturated heterocycles. The predicted molar refractivity (Wildman–Crippen MR) is 96.6 cm³/mol. The molecule has 12 heteroatoms. The van der Waals surface area contributed by atoms with Gasteiger partial charge in [0.1, 0.15) is 24.1 Å². The van der Waals surface area contributed by atoms with Gasteiger partial charge in [-0.2, -0.15) is 4.98 Å². The molecule has 0 spiro atoms. The molecule has 0 aliphatic carbocycles. The first-order valence-corrected chi connectivity index (χ1v) is 8.58. The molecule has 5 atom stereocenters. The maximum atomic E-state index is 15.3. The van der Waals surface area contributed by atoms with Crippen LogP contribution in [-0.2, 0) is 20.0 Å². The molecule has 0 amide bonds. The summed E-state index contributed by atoms with van der Waals surface area (Å²) in [6.45, 7) is 0.960. The number of aliphatic hydroxyl groups excluding tert-OH is 3. The molecule has 0 radical (unpaired) electrons. The third kappa shape index (κ3) is 3.83. The van der Waals surface area contributed by atoms with Crippen LogP contribution in [0.2, 0.25) is 0 Å². The van der Waals surface area contributed by atoms with Crippen LogP contribution in [0.15, 0.2) is 11.0 Å². The number of aliphatic hydroxyl groups is 3. The summed E-state index contributed by atoms with van der Waals surface area (Å²) in [6, 6.07) is -1.06. The monoisotopic (exact) mass is 414 g/mol. The van der Waals surface area contributed by atoms with Crippen molar-refractivity contribution in [1.29, 1.82) is 0 Å². The van der Waals surface area contributed by atoms with E-state index < -0.39 is 54.7 Å². The van der Waals surface area contributed by atoms with Gasteiger partial charge in [-0.25, -0.2) is 9.18 Å². The fourth-order valence-corrected chi connectivity index (χ4v) is 2.79. The normalized spacial score (nSPS) is 30.2. The maximum absolute atomic E-state index is 15.3. The van der Waals surface area contributed by atoms with Crippen molar-refractivity contribution in [2.24, 2.45) is 11.7 Å². The second-order valence-corrected chi connectivity index (χ2v) is 7.00. The van der Waals surface area contributed by atoms with Gasteiger partial charge in [0.05, 0.1) is 12.2 Å². The third-order valence-corrected chi connectivity index (χ3v) is 4.70. The lowest BCUT2D eigenvalue weighted by Crippen LogP contribution is -2.53. The number of nitrogens with two attached hydrogens (primary N) is 2. The summed E-state index contributed by atoms with van der Waals surface area (Å²) in [5.41, 5.74) is 7.37. The summed E-state index contributed by atoms with van der Waals surface area (Å²) in [5.74, 6) is -2.63. The highest BCUT2D eigenvalue weighted by molar-refractivity contribution is 5.75.